The zero-order valence-corrected chi connectivity index (χ0v) is 12.8. The lowest BCUT2D eigenvalue weighted by Gasteiger charge is -2.02. The van der Waals surface area contributed by atoms with Crippen LogP contribution in [0.1, 0.15) is 51.4 Å². The van der Waals surface area contributed by atoms with Gasteiger partial charge in [0.05, 0.1) is 0 Å². The third-order valence-electron chi connectivity index (χ3n) is 3.25. The van der Waals surface area contributed by atoms with Crippen molar-refractivity contribution in [3.63, 3.8) is 0 Å². The summed E-state index contributed by atoms with van der Waals surface area (Å²) in [6, 6.07) is 0. The highest BCUT2D eigenvalue weighted by molar-refractivity contribution is 5.86. The number of carboxylic acids is 2. The topological polar surface area (TPSA) is 115 Å². The van der Waals surface area contributed by atoms with Crippen molar-refractivity contribution >= 4 is 11.9 Å². The average molecular weight is 314 g/mol. The van der Waals surface area contributed by atoms with E-state index in [0.29, 0.717) is 12.8 Å². The molecule has 6 nitrogen and oxygen atoms in total. The summed E-state index contributed by atoms with van der Waals surface area (Å²) in [6.07, 6.45) is 8.61. The van der Waals surface area contributed by atoms with E-state index in [1.54, 1.807) is 12.2 Å². The van der Waals surface area contributed by atoms with Crippen LogP contribution in [0.15, 0.2) is 23.3 Å². The van der Waals surface area contributed by atoms with E-state index in [1.807, 2.05) is 0 Å². The van der Waals surface area contributed by atoms with Gasteiger partial charge in [-0.3, -0.25) is 0 Å². The summed E-state index contributed by atoms with van der Waals surface area (Å²) < 4.78 is 0. The van der Waals surface area contributed by atoms with Gasteiger partial charge < -0.3 is 20.4 Å². The third kappa shape index (κ3) is 10.1. The Bertz CT molecular complexity index is 359. The lowest BCUT2D eigenvalue weighted by molar-refractivity contribution is -0.133. The lowest BCUT2D eigenvalue weighted by Crippen LogP contribution is -2.02. The van der Waals surface area contributed by atoms with Gasteiger partial charge in [-0.2, -0.15) is 0 Å². The Labute approximate surface area is 130 Å². The van der Waals surface area contributed by atoms with E-state index in [-0.39, 0.29) is 37.2 Å². The molecule has 0 saturated heterocycles. The quantitative estimate of drug-likeness (QED) is 0.306. The van der Waals surface area contributed by atoms with Gasteiger partial charge in [-0.05, 0) is 25.7 Å². The van der Waals surface area contributed by atoms with Crippen LogP contribution in [0.3, 0.4) is 0 Å². The molecule has 0 aliphatic heterocycles. The molecule has 0 rings (SSSR count). The van der Waals surface area contributed by atoms with Crippen LogP contribution < -0.4 is 0 Å². The molecule has 0 bridgehead atoms. The van der Waals surface area contributed by atoms with E-state index in [0.717, 1.165) is 25.7 Å². The van der Waals surface area contributed by atoms with Gasteiger partial charge in [-0.25, -0.2) is 9.59 Å². The number of aliphatic hydroxyl groups is 2. The maximum Gasteiger partial charge on any atom is 0.331 e. The number of aliphatic hydroxyl groups excluding tert-OH is 2. The Morgan fingerprint density at radius 3 is 1.32 bits per heavy atom. The molecule has 126 valence electrons. The van der Waals surface area contributed by atoms with E-state index < -0.39 is 11.9 Å². The first-order valence-electron chi connectivity index (χ1n) is 7.59. The SMILES string of the molecule is O=C(O)C(=CCCCCCCC=C(CCO)C(=O)O)CCO. The Kier molecular flexibility index (Phi) is 12.1. The molecule has 0 aliphatic carbocycles. The van der Waals surface area contributed by atoms with Crippen molar-refractivity contribution in [1.82, 2.24) is 0 Å². The molecule has 4 N–H and O–H groups in total. The summed E-state index contributed by atoms with van der Waals surface area (Å²) in [4.78, 5) is 21.6. The second-order valence-electron chi connectivity index (χ2n) is 5.01. The maximum atomic E-state index is 10.8. The Morgan fingerprint density at radius 2 is 1.05 bits per heavy atom. The second-order valence-corrected chi connectivity index (χ2v) is 5.01. The minimum atomic E-state index is -0.982. The first-order chi connectivity index (χ1) is 10.5. The number of hydrogen-bond acceptors (Lipinski definition) is 4. The van der Waals surface area contributed by atoms with Gasteiger partial charge in [0, 0.05) is 37.2 Å². The Hall–Kier alpha value is -1.66. The van der Waals surface area contributed by atoms with Crippen LogP contribution in [0.2, 0.25) is 0 Å². The van der Waals surface area contributed by atoms with Crippen molar-refractivity contribution in [3.8, 4) is 0 Å². The minimum Gasteiger partial charge on any atom is -0.478 e. The van der Waals surface area contributed by atoms with Crippen molar-refractivity contribution < 1.29 is 30.0 Å². The van der Waals surface area contributed by atoms with Gasteiger partial charge >= 0.3 is 11.9 Å². The van der Waals surface area contributed by atoms with Crippen LogP contribution in [0.4, 0.5) is 0 Å². The van der Waals surface area contributed by atoms with E-state index in [2.05, 4.69) is 0 Å². The predicted molar refractivity (Wildman–Crippen MR) is 82.5 cm³/mol. The highest BCUT2D eigenvalue weighted by Crippen LogP contribution is 2.11. The number of carbonyl (C=O) groups is 2. The molecule has 0 aliphatic rings. The number of rotatable bonds is 13. The molecule has 0 unspecified atom stereocenters. The van der Waals surface area contributed by atoms with Gasteiger partial charge in [0.15, 0.2) is 0 Å². The minimum absolute atomic E-state index is 0.162. The van der Waals surface area contributed by atoms with E-state index in [4.69, 9.17) is 20.4 Å². The van der Waals surface area contributed by atoms with Crippen molar-refractivity contribution in [2.45, 2.75) is 51.4 Å². The predicted octanol–water partition coefficient (Wildman–Crippen LogP) is 2.11. The van der Waals surface area contributed by atoms with Crippen molar-refractivity contribution in [2.24, 2.45) is 0 Å². The monoisotopic (exact) mass is 314 g/mol. The molecular formula is C16H26O6. The Balaban J connectivity index is 3.85. The molecule has 0 aromatic carbocycles. The fraction of sp³-hybridized carbons (Fsp3) is 0.625. The van der Waals surface area contributed by atoms with Gasteiger partial charge in [-0.1, -0.05) is 25.0 Å². The summed E-state index contributed by atoms with van der Waals surface area (Å²) in [6.45, 7) is -0.325. The first kappa shape index (κ1) is 20.3. The number of aliphatic carboxylic acids is 2. The van der Waals surface area contributed by atoms with E-state index >= 15 is 0 Å². The van der Waals surface area contributed by atoms with Crippen molar-refractivity contribution in [1.29, 1.82) is 0 Å². The molecule has 22 heavy (non-hydrogen) atoms. The molecule has 0 radical (unpaired) electrons. The number of unbranched alkanes of at least 4 members (excludes halogenated alkanes) is 5. The Morgan fingerprint density at radius 1 is 0.682 bits per heavy atom. The summed E-state index contributed by atoms with van der Waals surface area (Å²) in [5.74, 6) is -1.96. The molecule has 0 aromatic heterocycles. The first-order valence-corrected chi connectivity index (χ1v) is 7.59. The van der Waals surface area contributed by atoms with E-state index in [1.165, 1.54) is 0 Å². The third-order valence-corrected chi connectivity index (χ3v) is 3.25. The second kappa shape index (κ2) is 13.0. The van der Waals surface area contributed by atoms with Crippen LogP contribution in [0, 0.1) is 0 Å². The molecule has 0 saturated carbocycles. The zero-order chi connectivity index (χ0) is 16.8. The fourth-order valence-corrected chi connectivity index (χ4v) is 2.03. The summed E-state index contributed by atoms with van der Waals surface area (Å²) in [5, 5.41) is 35.2. The molecule has 0 atom stereocenters. The fourth-order valence-electron chi connectivity index (χ4n) is 2.03. The average Bonchev–Trinajstić information content (AvgIpc) is 2.47. The molecule has 0 aromatic rings. The van der Waals surface area contributed by atoms with Gasteiger partial charge in [0.2, 0.25) is 0 Å². The van der Waals surface area contributed by atoms with Gasteiger partial charge in [0.25, 0.3) is 0 Å². The maximum absolute atomic E-state index is 10.8. The summed E-state index contributed by atoms with van der Waals surface area (Å²) >= 11 is 0. The summed E-state index contributed by atoms with van der Waals surface area (Å²) in [7, 11) is 0. The number of allylic oxidation sites excluding steroid dienone is 2. The van der Waals surface area contributed by atoms with Crippen LogP contribution in [-0.2, 0) is 9.59 Å². The standard InChI is InChI=1S/C16H26O6/c17-11-9-13(15(19)20)7-5-3-1-2-4-6-8-14(10-12-18)16(21)22/h7-8,17-18H,1-6,9-12H2,(H,19,20)(H,21,22). The van der Waals surface area contributed by atoms with Crippen LogP contribution in [-0.4, -0.2) is 45.6 Å². The van der Waals surface area contributed by atoms with Crippen LogP contribution in [0.5, 0.6) is 0 Å². The summed E-state index contributed by atoms with van der Waals surface area (Å²) in [5.41, 5.74) is 0.501. The highest BCUT2D eigenvalue weighted by atomic mass is 16.4. The molecule has 6 heteroatoms. The number of hydrogen-bond donors (Lipinski definition) is 4. The van der Waals surface area contributed by atoms with Crippen LogP contribution in [0.25, 0.3) is 0 Å². The molecule has 0 heterocycles. The van der Waals surface area contributed by atoms with E-state index in [9.17, 15) is 9.59 Å². The molecular weight excluding hydrogens is 288 g/mol. The van der Waals surface area contributed by atoms with Gasteiger partial charge in [0.1, 0.15) is 0 Å². The van der Waals surface area contributed by atoms with Crippen molar-refractivity contribution in [3.05, 3.63) is 23.3 Å². The van der Waals surface area contributed by atoms with Gasteiger partial charge in [-0.15, -0.1) is 0 Å². The van der Waals surface area contributed by atoms with Crippen molar-refractivity contribution in [2.75, 3.05) is 13.2 Å². The zero-order valence-electron chi connectivity index (χ0n) is 12.8. The highest BCUT2D eigenvalue weighted by Gasteiger charge is 2.06. The normalized spacial score (nSPS) is 12.5. The lowest BCUT2D eigenvalue weighted by atomic mass is 10.1. The molecule has 0 fully saturated rings. The molecule has 0 spiro atoms. The van der Waals surface area contributed by atoms with Crippen LogP contribution >= 0.6 is 0 Å². The number of carboxylic acid groups (broad SMARTS) is 2. The largest absolute Gasteiger partial charge is 0.478 e. The smallest absolute Gasteiger partial charge is 0.331 e. The molecule has 0 amide bonds.